The fraction of sp³-hybridized carbons (Fsp3) is 0.111. The maximum atomic E-state index is 12.4. The lowest BCUT2D eigenvalue weighted by molar-refractivity contribution is 0.0696. The zero-order valence-electron chi connectivity index (χ0n) is 13.1. The van der Waals surface area contributed by atoms with Gasteiger partial charge in [0.05, 0.1) is 19.8 Å². The molecule has 0 atom stereocenters. The van der Waals surface area contributed by atoms with Gasteiger partial charge in [-0.05, 0) is 17.7 Å². The van der Waals surface area contributed by atoms with Crippen molar-refractivity contribution in [2.45, 2.75) is 0 Å². The highest BCUT2D eigenvalue weighted by atomic mass is 16.5. The van der Waals surface area contributed by atoms with Gasteiger partial charge in [-0.2, -0.15) is 0 Å². The van der Waals surface area contributed by atoms with Gasteiger partial charge in [-0.25, -0.2) is 4.79 Å². The van der Waals surface area contributed by atoms with Crippen molar-refractivity contribution in [2.24, 2.45) is 0 Å². The number of phenolic OH excluding ortho intramolecular Hbond substituents is 1. The number of rotatable bonds is 6. The lowest BCUT2D eigenvalue weighted by Gasteiger charge is -2.10. The second-order valence-electron chi connectivity index (χ2n) is 4.81. The number of carboxylic acid groups (broad SMARTS) is 1. The molecule has 0 aliphatic rings. The minimum absolute atomic E-state index is 0.0256. The number of hydrogen-bond donors (Lipinski definition) is 2. The number of carbonyl (C=O) groups excluding carboxylic acids is 1. The monoisotopic (exact) mass is 328 g/mol. The standard InChI is InChI=1S/C18H16O6/c1-23-12-9-15(20)17(16(10-12)24-2)14(19)8-7-11-5-3-4-6-13(11)18(21)22/h3-10,20H,1-2H3,(H,21,22)/b8-7+. The lowest BCUT2D eigenvalue weighted by atomic mass is 10.0. The molecule has 2 aromatic carbocycles. The maximum absolute atomic E-state index is 12.4. The predicted molar refractivity (Wildman–Crippen MR) is 88.0 cm³/mol. The molecule has 24 heavy (non-hydrogen) atoms. The van der Waals surface area contributed by atoms with Crippen molar-refractivity contribution >= 4 is 17.8 Å². The molecule has 0 unspecified atom stereocenters. The Balaban J connectivity index is 2.39. The third kappa shape index (κ3) is 3.55. The van der Waals surface area contributed by atoms with E-state index in [9.17, 15) is 14.7 Å². The second kappa shape index (κ2) is 7.32. The summed E-state index contributed by atoms with van der Waals surface area (Å²) in [5.74, 6) is -1.39. The van der Waals surface area contributed by atoms with Crippen LogP contribution in [0.3, 0.4) is 0 Å². The third-order valence-corrected chi connectivity index (χ3v) is 3.36. The summed E-state index contributed by atoms with van der Waals surface area (Å²) in [6, 6.07) is 9.07. The molecule has 0 fully saturated rings. The summed E-state index contributed by atoms with van der Waals surface area (Å²) < 4.78 is 10.1. The van der Waals surface area contributed by atoms with Crippen molar-refractivity contribution < 1.29 is 29.3 Å². The first-order valence-electron chi connectivity index (χ1n) is 6.97. The summed E-state index contributed by atoms with van der Waals surface area (Å²) in [5.41, 5.74) is 0.431. The summed E-state index contributed by atoms with van der Waals surface area (Å²) >= 11 is 0. The molecule has 0 saturated carbocycles. The van der Waals surface area contributed by atoms with Gasteiger partial charge in [0.1, 0.15) is 22.8 Å². The van der Waals surface area contributed by atoms with Gasteiger partial charge in [-0.1, -0.05) is 24.3 Å². The quantitative estimate of drug-likeness (QED) is 0.625. The van der Waals surface area contributed by atoms with Crippen molar-refractivity contribution in [1.82, 2.24) is 0 Å². The molecule has 0 heterocycles. The summed E-state index contributed by atoms with van der Waals surface area (Å²) in [5, 5.41) is 19.2. The summed E-state index contributed by atoms with van der Waals surface area (Å²) in [7, 11) is 2.80. The summed E-state index contributed by atoms with van der Waals surface area (Å²) in [6.07, 6.45) is 2.57. The van der Waals surface area contributed by atoms with Gasteiger partial charge in [0.25, 0.3) is 0 Å². The Morgan fingerprint density at radius 1 is 1.08 bits per heavy atom. The van der Waals surface area contributed by atoms with E-state index in [1.807, 2.05) is 0 Å². The van der Waals surface area contributed by atoms with Gasteiger partial charge in [0, 0.05) is 12.1 Å². The van der Waals surface area contributed by atoms with E-state index in [1.54, 1.807) is 18.2 Å². The molecule has 0 aromatic heterocycles. The van der Waals surface area contributed by atoms with E-state index in [-0.39, 0.29) is 22.6 Å². The highest BCUT2D eigenvalue weighted by Gasteiger charge is 2.17. The molecule has 0 amide bonds. The molecular weight excluding hydrogens is 312 g/mol. The minimum Gasteiger partial charge on any atom is -0.507 e. The molecule has 0 bridgehead atoms. The fourth-order valence-corrected chi connectivity index (χ4v) is 2.19. The molecule has 6 nitrogen and oxygen atoms in total. The van der Waals surface area contributed by atoms with Crippen molar-refractivity contribution in [1.29, 1.82) is 0 Å². The molecule has 0 aliphatic carbocycles. The van der Waals surface area contributed by atoms with Crippen LogP contribution < -0.4 is 9.47 Å². The molecular formula is C18H16O6. The average molecular weight is 328 g/mol. The number of carbonyl (C=O) groups is 2. The molecule has 0 radical (unpaired) electrons. The van der Waals surface area contributed by atoms with Gasteiger partial charge < -0.3 is 19.7 Å². The summed E-state index contributed by atoms with van der Waals surface area (Å²) in [6.45, 7) is 0. The molecule has 0 aliphatic heterocycles. The minimum atomic E-state index is -1.09. The molecule has 2 rings (SSSR count). The van der Waals surface area contributed by atoms with Crippen LogP contribution in [0.5, 0.6) is 17.2 Å². The predicted octanol–water partition coefficient (Wildman–Crippen LogP) is 3.00. The van der Waals surface area contributed by atoms with Gasteiger partial charge in [-0.3, -0.25) is 4.79 Å². The van der Waals surface area contributed by atoms with E-state index >= 15 is 0 Å². The number of phenols is 1. The van der Waals surface area contributed by atoms with Gasteiger partial charge in [0.15, 0.2) is 5.78 Å². The van der Waals surface area contributed by atoms with Gasteiger partial charge in [-0.15, -0.1) is 0 Å². The highest BCUT2D eigenvalue weighted by molar-refractivity contribution is 6.11. The van der Waals surface area contributed by atoms with Crippen molar-refractivity contribution in [3.05, 3.63) is 59.2 Å². The van der Waals surface area contributed by atoms with Crippen LogP contribution in [0.1, 0.15) is 26.3 Å². The molecule has 2 N–H and O–H groups in total. The molecule has 0 spiro atoms. The van der Waals surface area contributed by atoms with Crippen molar-refractivity contribution in [2.75, 3.05) is 14.2 Å². The first kappa shape index (κ1) is 17.1. The number of carboxylic acids is 1. The highest BCUT2D eigenvalue weighted by Crippen LogP contribution is 2.33. The van der Waals surface area contributed by atoms with E-state index in [0.29, 0.717) is 11.3 Å². The van der Waals surface area contributed by atoms with Gasteiger partial charge >= 0.3 is 5.97 Å². The number of ketones is 1. The van der Waals surface area contributed by atoms with Crippen LogP contribution in [0.2, 0.25) is 0 Å². The first-order chi connectivity index (χ1) is 11.5. The summed E-state index contributed by atoms with van der Waals surface area (Å²) in [4.78, 5) is 23.6. The number of aromatic carboxylic acids is 1. The van der Waals surface area contributed by atoms with Crippen LogP contribution >= 0.6 is 0 Å². The van der Waals surface area contributed by atoms with Crippen LogP contribution in [0.4, 0.5) is 0 Å². The molecule has 124 valence electrons. The van der Waals surface area contributed by atoms with Gasteiger partial charge in [0.2, 0.25) is 0 Å². The van der Waals surface area contributed by atoms with E-state index < -0.39 is 11.8 Å². The number of ether oxygens (including phenoxy) is 2. The molecule has 0 saturated heterocycles. The number of allylic oxidation sites excluding steroid dienone is 1. The maximum Gasteiger partial charge on any atom is 0.336 e. The largest absolute Gasteiger partial charge is 0.507 e. The molecule has 2 aromatic rings. The Morgan fingerprint density at radius 2 is 1.79 bits per heavy atom. The smallest absolute Gasteiger partial charge is 0.336 e. The van der Waals surface area contributed by atoms with Crippen LogP contribution in [-0.4, -0.2) is 36.2 Å². The number of benzene rings is 2. The third-order valence-electron chi connectivity index (χ3n) is 3.36. The van der Waals surface area contributed by atoms with Crippen LogP contribution in [0, 0.1) is 0 Å². The van der Waals surface area contributed by atoms with E-state index in [2.05, 4.69) is 0 Å². The second-order valence-corrected chi connectivity index (χ2v) is 4.81. The number of aromatic hydroxyl groups is 1. The average Bonchev–Trinajstić information content (AvgIpc) is 2.58. The topological polar surface area (TPSA) is 93.1 Å². The van der Waals surface area contributed by atoms with Crippen LogP contribution in [-0.2, 0) is 0 Å². The molecule has 6 heteroatoms. The SMILES string of the molecule is COc1cc(O)c(C(=O)/C=C/c2ccccc2C(=O)O)c(OC)c1. The number of methoxy groups -OCH3 is 2. The van der Waals surface area contributed by atoms with E-state index in [1.165, 1.54) is 44.6 Å². The van der Waals surface area contributed by atoms with E-state index in [4.69, 9.17) is 14.6 Å². The Kier molecular flexibility index (Phi) is 5.21. The van der Waals surface area contributed by atoms with E-state index in [0.717, 1.165) is 0 Å². The zero-order chi connectivity index (χ0) is 17.7. The zero-order valence-corrected chi connectivity index (χ0v) is 13.1. The van der Waals surface area contributed by atoms with Crippen LogP contribution in [0.25, 0.3) is 6.08 Å². The van der Waals surface area contributed by atoms with Crippen LogP contribution in [0.15, 0.2) is 42.5 Å². The Labute approximate surface area is 138 Å². The normalized spacial score (nSPS) is 10.6. The Morgan fingerprint density at radius 3 is 2.42 bits per heavy atom. The van der Waals surface area contributed by atoms with Crippen molar-refractivity contribution in [3.8, 4) is 17.2 Å². The number of hydrogen-bond acceptors (Lipinski definition) is 5. The van der Waals surface area contributed by atoms with Crippen molar-refractivity contribution in [3.63, 3.8) is 0 Å². The fourth-order valence-electron chi connectivity index (χ4n) is 2.19. The Hall–Kier alpha value is -3.28. The first-order valence-corrected chi connectivity index (χ1v) is 6.97. The lowest BCUT2D eigenvalue weighted by Crippen LogP contribution is -2.02. The Bertz CT molecular complexity index is 807.